The van der Waals surface area contributed by atoms with Gasteiger partial charge in [-0.1, -0.05) is 30.3 Å². The monoisotopic (exact) mass is 322 g/mol. The summed E-state index contributed by atoms with van der Waals surface area (Å²) in [6.45, 7) is 4.01. The first kappa shape index (κ1) is 16.5. The van der Waals surface area contributed by atoms with E-state index in [1.54, 1.807) is 0 Å². The van der Waals surface area contributed by atoms with Gasteiger partial charge in [-0.25, -0.2) is 0 Å². The smallest absolute Gasteiger partial charge is 0.187 e. The Balaban J connectivity index is 1.77. The van der Waals surface area contributed by atoms with Gasteiger partial charge in [-0.05, 0) is 19.4 Å². The van der Waals surface area contributed by atoms with Gasteiger partial charge in [0.15, 0.2) is 18.4 Å². The second-order valence-electron chi connectivity index (χ2n) is 6.17. The lowest BCUT2D eigenvalue weighted by Crippen LogP contribution is -2.58. The van der Waals surface area contributed by atoms with Crippen molar-refractivity contribution in [2.75, 3.05) is 7.11 Å². The van der Waals surface area contributed by atoms with Crippen LogP contribution < -0.4 is 0 Å². The van der Waals surface area contributed by atoms with Gasteiger partial charge >= 0.3 is 0 Å². The van der Waals surface area contributed by atoms with E-state index in [0.717, 1.165) is 11.8 Å². The molecule has 5 atom stereocenters. The van der Waals surface area contributed by atoms with E-state index in [-0.39, 0.29) is 0 Å². The van der Waals surface area contributed by atoms with E-state index in [4.69, 9.17) is 23.7 Å². The molecule has 2 fully saturated rings. The molecule has 3 rings (SSSR count). The SMILES string of the molecule is CO[C@H]1O[C@H](C=O)[C@@H](OCc2ccccc2)[C@@H]2OC(C)(C)O[C@H]12. The molecule has 2 heterocycles. The van der Waals surface area contributed by atoms with Crippen molar-refractivity contribution in [1.29, 1.82) is 0 Å². The molecular weight excluding hydrogens is 300 g/mol. The lowest BCUT2D eigenvalue weighted by molar-refractivity contribution is -0.266. The lowest BCUT2D eigenvalue weighted by atomic mass is 9.99. The molecule has 2 aliphatic rings. The Morgan fingerprint density at radius 1 is 1.17 bits per heavy atom. The zero-order valence-electron chi connectivity index (χ0n) is 13.5. The highest BCUT2D eigenvalue weighted by molar-refractivity contribution is 5.58. The Bertz CT molecular complexity index is 531. The van der Waals surface area contributed by atoms with E-state index in [1.165, 1.54) is 7.11 Å². The van der Waals surface area contributed by atoms with Crippen molar-refractivity contribution in [3.8, 4) is 0 Å². The summed E-state index contributed by atoms with van der Waals surface area (Å²) in [4.78, 5) is 11.4. The van der Waals surface area contributed by atoms with Crippen LogP contribution in [0, 0.1) is 0 Å². The molecule has 2 aliphatic heterocycles. The van der Waals surface area contributed by atoms with Crippen LogP contribution in [0.4, 0.5) is 0 Å². The third kappa shape index (κ3) is 3.46. The third-order valence-corrected chi connectivity index (χ3v) is 4.02. The molecule has 0 spiro atoms. The number of fused-ring (bicyclic) bond motifs is 1. The maximum Gasteiger partial charge on any atom is 0.187 e. The molecule has 1 aromatic rings. The molecule has 0 bridgehead atoms. The summed E-state index contributed by atoms with van der Waals surface area (Å²) in [5.41, 5.74) is 1.01. The number of carbonyl (C=O) groups is 1. The molecule has 0 radical (unpaired) electrons. The Morgan fingerprint density at radius 3 is 2.52 bits per heavy atom. The molecule has 0 saturated carbocycles. The molecule has 1 aromatic carbocycles. The van der Waals surface area contributed by atoms with E-state index in [0.29, 0.717) is 6.61 Å². The first-order valence-corrected chi connectivity index (χ1v) is 7.69. The fourth-order valence-corrected chi connectivity index (χ4v) is 3.03. The maximum absolute atomic E-state index is 11.4. The van der Waals surface area contributed by atoms with Crippen LogP contribution >= 0.6 is 0 Å². The van der Waals surface area contributed by atoms with Crippen molar-refractivity contribution in [3.05, 3.63) is 35.9 Å². The van der Waals surface area contributed by atoms with Gasteiger partial charge < -0.3 is 28.5 Å². The fourth-order valence-electron chi connectivity index (χ4n) is 3.03. The van der Waals surface area contributed by atoms with Gasteiger partial charge in [0.05, 0.1) is 6.61 Å². The largest absolute Gasteiger partial charge is 0.368 e. The first-order chi connectivity index (χ1) is 11.0. The lowest BCUT2D eigenvalue weighted by Gasteiger charge is -2.39. The number of methoxy groups -OCH3 is 1. The van der Waals surface area contributed by atoms with Gasteiger partial charge in [0, 0.05) is 7.11 Å². The van der Waals surface area contributed by atoms with Crippen molar-refractivity contribution in [3.63, 3.8) is 0 Å². The van der Waals surface area contributed by atoms with Gasteiger partial charge in [0.25, 0.3) is 0 Å². The normalized spacial score (nSPS) is 35.7. The third-order valence-electron chi connectivity index (χ3n) is 4.02. The van der Waals surface area contributed by atoms with E-state index in [1.807, 2.05) is 44.2 Å². The van der Waals surface area contributed by atoms with Crippen LogP contribution in [0.2, 0.25) is 0 Å². The van der Waals surface area contributed by atoms with Gasteiger partial charge in [0.2, 0.25) is 0 Å². The molecule has 0 amide bonds. The summed E-state index contributed by atoms with van der Waals surface area (Å²) < 4.78 is 28.7. The average molecular weight is 322 g/mol. The van der Waals surface area contributed by atoms with Gasteiger partial charge in [-0.3, -0.25) is 0 Å². The average Bonchev–Trinajstić information content (AvgIpc) is 2.88. The molecule has 23 heavy (non-hydrogen) atoms. The molecule has 0 unspecified atom stereocenters. The van der Waals surface area contributed by atoms with Crippen LogP contribution in [-0.2, 0) is 35.1 Å². The number of ether oxygens (including phenoxy) is 5. The number of aldehydes is 1. The molecule has 2 saturated heterocycles. The molecule has 0 aromatic heterocycles. The fraction of sp³-hybridized carbons (Fsp3) is 0.588. The molecular formula is C17H22O6. The topological polar surface area (TPSA) is 63.2 Å². The van der Waals surface area contributed by atoms with Crippen molar-refractivity contribution < 1.29 is 28.5 Å². The molecule has 0 N–H and O–H groups in total. The highest BCUT2D eigenvalue weighted by Gasteiger charge is 2.56. The van der Waals surface area contributed by atoms with Gasteiger partial charge in [-0.2, -0.15) is 0 Å². The quantitative estimate of drug-likeness (QED) is 0.768. The minimum Gasteiger partial charge on any atom is -0.368 e. The Morgan fingerprint density at radius 2 is 1.87 bits per heavy atom. The number of benzene rings is 1. The molecule has 6 heteroatoms. The summed E-state index contributed by atoms with van der Waals surface area (Å²) >= 11 is 0. The van der Waals surface area contributed by atoms with Gasteiger partial charge in [-0.15, -0.1) is 0 Å². The highest BCUT2D eigenvalue weighted by Crippen LogP contribution is 2.38. The summed E-state index contributed by atoms with van der Waals surface area (Å²) in [6, 6.07) is 9.75. The zero-order valence-corrected chi connectivity index (χ0v) is 13.5. The second-order valence-corrected chi connectivity index (χ2v) is 6.17. The van der Waals surface area contributed by atoms with Crippen molar-refractivity contribution in [2.24, 2.45) is 0 Å². The van der Waals surface area contributed by atoms with Crippen molar-refractivity contribution in [2.45, 2.75) is 56.9 Å². The van der Waals surface area contributed by atoms with Crippen LogP contribution in [0.25, 0.3) is 0 Å². The Labute approximate surface area is 135 Å². The second kappa shape index (κ2) is 6.67. The molecule has 0 aliphatic carbocycles. The summed E-state index contributed by atoms with van der Waals surface area (Å²) in [5.74, 6) is -0.776. The summed E-state index contributed by atoms with van der Waals surface area (Å²) in [7, 11) is 1.52. The minimum atomic E-state index is -0.776. The number of carbonyl (C=O) groups excluding carboxylic acids is 1. The van der Waals surface area contributed by atoms with E-state index >= 15 is 0 Å². The van der Waals surface area contributed by atoms with E-state index < -0.39 is 36.5 Å². The van der Waals surface area contributed by atoms with Crippen LogP contribution in [0.15, 0.2) is 30.3 Å². The van der Waals surface area contributed by atoms with Crippen molar-refractivity contribution in [1.82, 2.24) is 0 Å². The number of hydrogen-bond acceptors (Lipinski definition) is 6. The standard InChI is InChI=1S/C17H22O6/c1-17(2)22-14-13(20-10-11-7-5-4-6-8-11)12(9-18)21-16(19-3)15(14)23-17/h4-9,12-16H,10H2,1-3H3/t12-,13-,14+,15+,16+/m1/s1. The maximum atomic E-state index is 11.4. The molecule has 126 valence electrons. The Hall–Kier alpha value is -1.31. The minimum absolute atomic E-state index is 0.365. The Kier molecular flexibility index (Phi) is 4.79. The first-order valence-electron chi connectivity index (χ1n) is 7.69. The predicted octanol–water partition coefficient (Wildman–Crippen LogP) is 1.66. The summed E-state index contributed by atoms with van der Waals surface area (Å²) in [5, 5.41) is 0. The van der Waals surface area contributed by atoms with Crippen molar-refractivity contribution >= 4 is 6.29 Å². The predicted molar refractivity (Wildman–Crippen MR) is 80.6 cm³/mol. The molecule has 6 nitrogen and oxygen atoms in total. The highest BCUT2D eigenvalue weighted by atomic mass is 16.8. The number of hydrogen-bond donors (Lipinski definition) is 0. The van der Waals surface area contributed by atoms with Gasteiger partial charge in [0.1, 0.15) is 24.4 Å². The number of rotatable bonds is 5. The van der Waals surface area contributed by atoms with Crippen LogP contribution in [0.5, 0.6) is 0 Å². The van der Waals surface area contributed by atoms with Crippen LogP contribution in [0.1, 0.15) is 19.4 Å². The van der Waals surface area contributed by atoms with E-state index in [9.17, 15) is 4.79 Å². The van der Waals surface area contributed by atoms with Crippen LogP contribution in [-0.4, -0.2) is 49.9 Å². The van der Waals surface area contributed by atoms with Crippen LogP contribution in [0.3, 0.4) is 0 Å². The zero-order chi connectivity index (χ0) is 16.4. The summed E-state index contributed by atoms with van der Waals surface area (Å²) in [6.07, 6.45) is -2.11. The van der Waals surface area contributed by atoms with E-state index in [2.05, 4.69) is 0 Å².